The third-order valence-corrected chi connectivity index (χ3v) is 7.32. The van der Waals surface area contributed by atoms with Gasteiger partial charge in [0.25, 0.3) is 0 Å². The molecule has 2 aliphatic rings. The van der Waals surface area contributed by atoms with Crippen LogP contribution in [0.4, 0.5) is 0 Å². The summed E-state index contributed by atoms with van der Waals surface area (Å²) in [6.07, 6.45) is 9.83. The summed E-state index contributed by atoms with van der Waals surface area (Å²) in [4.78, 5) is 5.76. The van der Waals surface area contributed by atoms with Crippen LogP contribution in [0.3, 0.4) is 0 Å². The number of ether oxygens (including phenoxy) is 2. The lowest BCUT2D eigenvalue weighted by Crippen LogP contribution is -2.47. The van der Waals surface area contributed by atoms with Crippen molar-refractivity contribution in [2.24, 2.45) is 0 Å². The Hall–Kier alpha value is -1.27. The average Bonchev–Trinajstić information content (AvgIpc) is 3.42. The third kappa shape index (κ3) is 4.33. The van der Waals surface area contributed by atoms with Crippen LogP contribution in [-0.4, -0.2) is 30.8 Å². The zero-order valence-corrected chi connectivity index (χ0v) is 17.5. The van der Waals surface area contributed by atoms with Crippen molar-refractivity contribution in [3.63, 3.8) is 0 Å². The summed E-state index contributed by atoms with van der Waals surface area (Å²) in [7, 11) is 1.41. The predicted octanol–water partition coefficient (Wildman–Crippen LogP) is 4.83. The Kier molecular flexibility index (Phi) is 5.67. The van der Waals surface area contributed by atoms with E-state index in [2.05, 4.69) is 17.4 Å². The Morgan fingerprint density at radius 3 is 2.96 bits per heavy atom. The number of hydrogen-bond acceptors (Lipinski definition) is 5. The second kappa shape index (κ2) is 9.04. The van der Waals surface area contributed by atoms with Crippen LogP contribution in [0, 0.1) is 0 Å². The monoisotopic (exact) mass is 402 g/mol. The van der Waals surface area contributed by atoms with Crippen molar-refractivity contribution in [2.75, 3.05) is 20.3 Å². The van der Waals surface area contributed by atoms with E-state index in [0.29, 0.717) is 12.1 Å². The molecule has 2 aromatic heterocycles. The van der Waals surface area contributed by atoms with E-state index in [1.807, 2.05) is 23.7 Å². The highest BCUT2D eigenvalue weighted by atomic mass is 32.1. The minimum absolute atomic E-state index is 0.0329. The first-order valence-corrected chi connectivity index (χ1v) is 11.2. The van der Waals surface area contributed by atoms with Crippen LogP contribution in [0.15, 0.2) is 35.8 Å². The largest absolute Gasteiger partial charge is 0.380 e. The SMILES string of the molecule is [2H]C([2H])(OC)c1ccsc1CNCC[C@@]1(c2ccccn2)CCOC2(CCCC2)C1. The summed E-state index contributed by atoms with van der Waals surface area (Å²) in [5, 5.41) is 5.50. The van der Waals surface area contributed by atoms with E-state index in [0.717, 1.165) is 37.3 Å². The highest BCUT2D eigenvalue weighted by Gasteiger charge is 2.48. The van der Waals surface area contributed by atoms with Crippen molar-refractivity contribution >= 4 is 11.3 Å². The molecular formula is C23H32N2O2S. The van der Waals surface area contributed by atoms with Crippen LogP contribution in [0.5, 0.6) is 0 Å². The molecule has 152 valence electrons. The molecule has 1 atom stereocenters. The second-order valence-corrected chi connectivity index (χ2v) is 9.15. The molecule has 3 heterocycles. The molecule has 4 rings (SSSR count). The molecule has 0 bridgehead atoms. The second-order valence-electron chi connectivity index (χ2n) is 8.15. The van der Waals surface area contributed by atoms with Gasteiger partial charge in [0.2, 0.25) is 0 Å². The topological polar surface area (TPSA) is 43.4 Å². The van der Waals surface area contributed by atoms with Crippen LogP contribution in [0.1, 0.15) is 63.8 Å². The molecular weight excluding hydrogens is 368 g/mol. The van der Waals surface area contributed by atoms with Crippen molar-refractivity contribution < 1.29 is 12.2 Å². The molecule has 2 fully saturated rings. The molecule has 1 N–H and O–H groups in total. The summed E-state index contributed by atoms with van der Waals surface area (Å²) in [5.74, 6) is 0. The van der Waals surface area contributed by atoms with Gasteiger partial charge in [-0.1, -0.05) is 18.9 Å². The average molecular weight is 403 g/mol. The van der Waals surface area contributed by atoms with Crippen molar-refractivity contribution in [1.29, 1.82) is 0 Å². The van der Waals surface area contributed by atoms with E-state index >= 15 is 0 Å². The molecule has 2 aromatic rings. The van der Waals surface area contributed by atoms with Gasteiger partial charge < -0.3 is 14.8 Å². The lowest BCUT2D eigenvalue weighted by Gasteiger charge is -2.46. The first kappa shape index (κ1) is 17.6. The normalized spacial score (nSPS) is 25.6. The molecule has 1 aliphatic heterocycles. The Bertz CT molecular complexity index is 824. The molecule has 0 radical (unpaired) electrons. The number of pyridine rings is 1. The summed E-state index contributed by atoms with van der Waals surface area (Å²) >= 11 is 1.57. The van der Waals surface area contributed by atoms with Crippen molar-refractivity contribution in [1.82, 2.24) is 10.3 Å². The molecule has 4 nitrogen and oxygen atoms in total. The van der Waals surface area contributed by atoms with Gasteiger partial charge in [0, 0.05) is 42.4 Å². The number of nitrogens with zero attached hydrogens (tertiary/aromatic N) is 1. The standard InChI is InChI=1S/C23H32N2O2S/c1-26-17-19-7-15-28-20(19)16-24-13-10-22(21-6-2-5-12-25-21)11-14-27-23(18-22)8-3-4-9-23/h2,5-7,12,15,24H,3-4,8-11,13-14,16-18H2,1H3/t22-/m1/s1/i17D2. The Morgan fingerprint density at radius 2 is 2.18 bits per heavy atom. The third-order valence-electron chi connectivity index (χ3n) is 6.40. The highest BCUT2D eigenvalue weighted by Crippen LogP contribution is 2.49. The maximum atomic E-state index is 8.05. The van der Waals surface area contributed by atoms with Crippen LogP contribution >= 0.6 is 11.3 Å². The van der Waals surface area contributed by atoms with Gasteiger partial charge in [-0.2, -0.15) is 0 Å². The zero-order valence-electron chi connectivity index (χ0n) is 18.7. The van der Waals surface area contributed by atoms with Gasteiger partial charge in [0.1, 0.15) is 0 Å². The number of rotatable bonds is 8. The molecule has 0 aromatic carbocycles. The molecule has 28 heavy (non-hydrogen) atoms. The van der Waals surface area contributed by atoms with Gasteiger partial charge in [-0.3, -0.25) is 4.98 Å². The summed E-state index contributed by atoms with van der Waals surface area (Å²) in [6.45, 7) is 0.567. The zero-order chi connectivity index (χ0) is 21.1. The molecule has 0 unspecified atom stereocenters. The molecule has 1 saturated carbocycles. The van der Waals surface area contributed by atoms with Gasteiger partial charge in [-0.15, -0.1) is 11.3 Å². The molecule has 1 spiro atoms. The van der Waals surface area contributed by atoms with Gasteiger partial charge in [-0.25, -0.2) is 0 Å². The molecule has 0 amide bonds. The van der Waals surface area contributed by atoms with E-state index < -0.39 is 6.56 Å². The number of methoxy groups -OCH3 is 1. The molecule has 1 saturated heterocycles. The Labute approximate surface area is 175 Å². The fourth-order valence-corrected chi connectivity index (χ4v) is 5.79. The summed E-state index contributed by atoms with van der Waals surface area (Å²) < 4.78 is 27.5. The van der Waals surface area contributed by atoms with Crippen molar-refractivity contribution in [3.05, 3.63) is 52.0 Å². The van der Waals surface area contributed by atoms with Crippen molar-refractivity contribution in [3.8, 4) is 0 Å². The van der Waals surface area contributed by atoms with Crippen molar-refractivity contribution in [2.45, 2.75) is 69.1 Å². The maximum absolute atomic E-state index is 8.05. The van der Waals surface area contributed by atoms with Crippen LogP contribution < -0.4 is 5.32 Å². The fraction of sp³-hybridized carbons (Fsp3) is 0.609. The summed E-state index contributed by atoms with van der Waals surface area (Å²) in [6, 6.07) is 8.09. The lowest BCUT2D eigenvalue weighted by molar-refractivity contribution is -0.104. The number of aromatic nitrogens is 1. The highest BCUT2D eigenvalue weighted by molar-refractivity contribution is 7.10. The maximum Gasteiger partial charge on any atom is 0.0724 e. The van der Waals surface area contributed by atoms with E-state index in [1.165, 1.54) is 38.5 Å². The van der Waals surface area contributed by atoms with Gasteiger partial charge >= 0.3 is 0 Å². The van der Waals surface area contributed by atoms with Crippen LogP contribution in [0.2, 0.25) is 0 Å². The van der Waals surface area contributed by atoms with Gasteiger partial charge in [-0.05, 0) is 67.8 Å². The number of hydrogen-bond donors (Lipinski definition) is 1. The molecule has 1 aliphatic carbocycles. The Balaban J connectivity index is 1.45. The first-order chi connectivity index (χ1) is 14.5. The van der Waals surface area contributed by atoms with E-state index in [-0.39, 0.29) is 11.0 Å². The van der Waals surface area contributed by atoms with E-state index in [1.54, 1.807) is 11.3 Å². The fourth-order valence-electron chi connectivity index (χ4n) is 5.00. The lowest BCUT2D eigenvalue weighted by atomic mass is 9.68. The van der Waals surface area contributed by atoms with Gasteiger partial charge in [0.15, 0.2) is 0 Å². The Morgan fingerprint density at radius 1 is 1.29 bits per heavy atom. The minimum atomic E-state index is -1.75. The van der Waals surface area contributed by atoms with E-state index in [9.17, 15) is 0 Å². The first-order valence-electron chi connectivity index (χ1n) is 11.4. The van der Waals surface area contributed by atoms with E-state index in [4.69, 9.17) is 17.2 Å². The summed E-state index contributed by atoms with van der Waals surface area (Å²) in [5.41, 5.74) is 1.88. The number of thiophene rings is 1. The number of nitrogens with one attached hydrogen (secondary N) is 1. The molecule has 5 heteroatoms. The smallest absolute Gasteiger partial charge is 0.0724 e. The van der Waals surface area contributed by atoms with Crippen LogP contribution in [-0.2, 0) is 28.0 Å². The predicted molar refractivity (Wildman–Crippen MR) is 114 cm³/mol. The van der Waals surface area contributed by atoms with Crippen LogP contribution in [0.25, 0.3) is 0 Å². The minimum Gasteiger partial charge on any atom is -0.380 e. The van der Waals surface area contributed by atoms with Gasteiger partial charge in [0.05, 0.1) is 14.9 Å². The quantitative estimate of drug-likeness (QED) is 0.642.